The Bertz CT molecular complexity index is 733. The van der Waals surface area contributed by atoms with Crippen molar-refractivity contribution in [2.45, 2.75) is 83.8 Å². The average molecular weight is 407 g/mol. The minimum absolute atomic E-state index is 0.0122. The van der Waals surface area contributed by atoms with Crippen molar-refractivity contribution in [1.82, 2.24) is 0 Å². The van der Waals surface area contributed by atoms with Crippen LogP contribution in [-0.2, 0) is 23.9 Å². The third-order valence-corrected chi connectivity index (χ3v) is 9.47. The number of hydrogen-bond acceptors (Lipinski definition) is 6. The number of aliphatic hydroxyl groups is 1. The van der Waals surface area contributed by atoms with Crippen molar-refractivity contribution in [2.75, 3.05) is 7.11 Å². The molecule has 4 aliphatic carbocycles. The Hall–Kier alpha value is -1.43. The third kappa shape index (κ3) is 2.74. The van der Waals surface area contributed by atoms with Crippen LogP contribution in [0.15, 0.2) is 0 Å². The van der Waals surface area contributed by atoms with Crippen molar-refractivity contribution >= 4 is 17.7 Å². The van der Waals surface area contributed by atoms with E-state index in [2.05, 4.69) is 6.92 Å². The number of ketones is 1. The van der Waals surface area contributed by atoms with Crippen LogP contribution in [0, 0.1) is 34.5 Å². The van der Waals surface area contributed by atoms with Gasteiger partial charge in [0.05, 0.1) is 24.0 Å². The van der Waals surface area contributed by atoms with Crippen molar-refractivity contribution in [2.24, 2.45) is 34.5 Å². The van der Waals surface area contributed by atoms with Gasteiger partial charge in [-0.25, -0.2) is 0 Å². The maximum Gasteiger partial charge on any atom is 0.309 e. The quantitative estimate of drug-likeness (QED) is 0.709. The highest BCUT2D eigenvalue weighted by Gasteiger charge is 2.72. The molecule has 4 fully saturated rings. The van der Waals surface area contributed by atoms with Crippen molar-refractivity contribution in [1.29, 1.82) is 0 Å². The summed E-state index contributed by atoms with van der Waals surface area (Å²) in [5.41, 5.74) is -2.25. The molecule has 6 nitrogen and oxygen atoms in total. The Kier molecular flexibility index (Phi) is 4.88. The number of rotatable bonds is 2. The van der Waals surface area contributed by atoms with Crippen molar-refractivity contribution in [3.8, 4) is 0 Å². The van der Waals surface area contributed by atoms with E-state index >= 15 is 0 Å². The Morgan fingerprint density at radius 2 is 1.79 bits per heavy atom. The van der Waals surface area contributed by atoms with Gasteiger partial charge in [0, 0.05) is 13.3 Å². The second kappa shape index (κ2) is 6.79. The molecule has 0 aromatic carbocycles. The number of carbonyl (C=O) groups is 3. The summed E-state index contributed by atoms with van der Waals surface area (Å²) in [5.74, 6) is -0.635. The molecule has 0 radical (unpaired) electrons. The molecule has 0 amide bonds. The van der Waals surface area contributed by atoms with E-state index in [0.717, 1.165) is 32.1 Å². The minimum atomic E-state index is -1.15. The lowest BCUT2D eigenvalue weighted by molar-refractivity contribution is -0.210. The molecule has 8 atom stereocenters. The Morgan fingerprint density at radius 3 is 2.45 bits per heavy atom. The van der Waals surface area contributed by atoms with Gasteiger partial charge in [-0.1, -0.05) is 6.92 Å². The standard InChI is InChI=1S/C23H34O6/c1-13(24)29-15-7-9-21(2)14(11-15)5-6-16-18(21)12-19(25)22(3)17(20(26)28-4)8-10-23(16,22)27/h14-18,27H,5-12H2,1-4H3/t14-,15-,16-,17-,18+,21-,22-,23-/m0/s1. The molecule has 0 aliphatic heterocycles. The predicted molar refractivity (Wildman–Crippen MR) is 105 cm³/mol. The molecule has 4 aliphatic rings. The van der Waals surface area contributed by atoms with E-state index in [9.17, 15) is 19.5 Å². The average Bonchev–Trinajstić information content (AvgIpc) is 2.95. The first-order valence-corrected chi connectivity index (χ1v) is 11.1. The zero-order valence-corrected chi connectivity index (χ0v) is 18.0. The van der Waals surface area contributed by atoms with E-state index in [0.29, 0.717) is 25.2 Å². The van der Waals surface area contributed by atoms with Gasteiger partial charge in [-0.2, -0.15) is 0 Å². The van der Waals surface area contributed by atoms with Gasteiger partial charge in [0.15, 0.2) is 0 Å². The lowest BCUT2D eigenvalue weighted by Crippen LogP contribution is -2.66. The van der Waals surface area contributed by atoms with Crippen LogP contribution in [0.25, 0.3) is 0 Å². The first-order chi connectivity index (χ1) is 13.6. The van der Waals surface area contributed by atoms with Crippen LogP contribution >= 0.6 is 0 Å². The van der Waals surface area contributed by atoms with Crippen molar-refractivity contribution in [3.05, 3.63) is 0 Å². The van der Waals surface area contributed by atoms with Crippen LogP contribution < -0.4 is 0 Å². The molecular formula is C23H34O6. The van der Waals surface area contributed by atoms with E-state index in [-0.39, 0.29) is 41.1 Å². The number of esters is 2. The third-order valence-electron chi connectivity index (χ3n) is 9.47. The number of carbonyl (C=O) groups excluding carboxylic acids is 3. The molecule has 0 aromatic rings. The number of ether oxygens (including phenoxy) is 2. The predicted octanol–water partition coefficient (Wildman–Crippen LogP) is 3.04. The van der Waals surface area contributed by atoms with Crippen molar-refractivity contribution < 1.29 is 29.0 Å². The van der Waals surface area contributed by atoms with Gasteiger partial charge in [-0.15, -0.1) is 0 Å². The van der Waals surface area contributed by atoms with Crippen LogP contribution in [0.5, 0.6) is 0 Å². The van der Waals surface area contributed by atoms with Gasteiger partial charge in [-0.3, -0.25) is 14.4 Å². The van der Waals surface area contributed by atoms with Gasteiger partial charge in [0.2, 0.25) is 0 Å². The molecule has 0 aromatic heterocycles. The Morgan fingerprint density at radius 1 is 1.07 bits per heavy atom. The van der Waals surface area contributed by atoms with Crippen LogP contribution in [0.1, 0.15) is 72.1 Å². The van der Waals surface area contributed by atoms with Gasteiger partial charge < -0.3 is 14.6 Å². The molecule has 0 heterocycles. The molecule has 0 bridgehead atoms. The SMILES string of the molecule is COC(=O)[C@@H]1CC[C@]2(O)[C@H]3CC[C@H]4C[C@@H](OC(C)=O)CC[C@]4(C)[C@@H]3CC(=O)[C@]12C. The first kappa shape index (κ1) is 20.8. The maximum atomic E-state index is 13.5. The molecule has 29 heavy (non-hydrogen) atoms. The van der Waals surface area contributed by atoms with Crippen LogP contribution in [0.4, 0.5) is 0 Å². The minimum Gasteiger partial charge on any atom is -0.469 e. The molecule has 0 spiro atoms. The summed E-state index contributed by atoms with van der Waals surface area (Å²) < 4.78 is 10.5. The lowest BCUT2D eigenvalue weighted by atomic mass is 9.43. The molecule has 6 heteroatoms. The molecule has 1 N–H and O–H groups in total. The molecular weight excluding hydrogens is 372 g/mol. The highest BCUT2D eigenvalue weighted by molar-refractivity contribution is 5.93. The molecule has 4 rings (SSSR count). The number of methoxy groups -OCH3 is 1. The maximum absolute atomic E-state index is 13.5. The van der Waals surface area contributed by atoms with Crippen LogP contribution in [0.3, 0.4) is 0 Å². The summed E-state index contributed by atoms with van der Waals surface area (Å²) in [6, 6.07) is 0. The summed E-state index contributed by atoms with van der Waals surface area (Å²) in [4.78, 5) is 37.3. The Labute approximate surface area is 172 Å². The fourth-order valence-corrected chi connectivity index (χ4v) is 7.77. The van der Waals surface area contributed by atoms with Gasteiger partial charge >= 0.3 is 11.9 Å². The van der Waals surface area contributed by atoms with Crippen molar-refractivity contribution in [3.63, 3.8) is 0 Å². The second-order valence-corrected chi connectivity index (χ2v) is 10.4. The normalized spacial score (nSPS) is 48.9. The summed E-state index contributed by atoms with van der Waals surface area (Å²) in [6.07, 6.45) is 5.73. The van der Waals surface area contributed by atoms with E-state index in [1.54, 1.807) is 6.92 Å². The summed E-state index contributed by atoms with van der Waals surface area (Å²) in [5, 5.41) is 11.9. The van der Waals surface area contributed by atoms with Gasteiger partial charge in [0.25, 0.3) is 0 Å². The van der Waals surface area contributed by atoms with E-state index < -0.39 is 16.9 Å². The van der Waals surface area contributed by atoms with Crippen LogP contribution in [-0.4, -0.2) is 41.6 Å². The number of hydrogen-bond donors (Lipinski definition) is 1. The highest BCUT2D eigenvalue weighted by atomic mass is 16.5. The van der Waals surface area contributed by atoms with Gasteiger partial charge in [-0.05, 0) is 75.0 Å². The van der Waals surface area contributed by atoms with E-state index in [1.807, 2.05) is 0 Å². The summed E-state index contributed by atoms with van der Waals surface area (Å²) in [7, 11) is 1.35. The number of Topliss-reactive ketones (excluding diaryl/α,β-unsaturated/α-hetero) is 1. The molecule has 0 unspecified atom stereocenters. The van der Waals surface area contributed by atoms with Crippen LogP contribution in [0.2, 0.25) is 0 Å². The summed E-state index contributed by atoms with van der Waals surface area (Å²) >= 11 is 0. The smallest absolute Gasteiger partial charge is 0.309 e. The Balaban J connectivity index is 1.64. The topological polar surface area (TPSA) is 89.9 Å². The largest absolute Gasteiger partial charge is 0.469 e. The zero-order chi connectivity index (χ0) is 21.2. The van der Waals surface area contributed by atoms with E-state index in [1.165, 1.54) is 14.0 Å². The molecule has 0 saturated heterocycles. The molecule has 162 valence electrons. The monoisotopic (exact) mass is 406 g/mol. The molecule has 4 saturated carbocycles. The number of fused-ring (bicyclic) bond motifs is 5. The zero-order valence-electron chi connectivity index (χ0n) is 18.0. The van der Waals surface area contributed by atoms with Gasteiger partial charge in [0.1, 0.15) is 11.9 Å². The second-order valence-electron chi connectivity index (χ2n) is 10.4. The highest BCUT2D eigenvalue weighted by Crippen LogP contribution is 2.68. The lowest BCUT2D eigenvalue weighted by Gasteiger charge is -2.62. The fraction of sp³-hybridized carbons (Fsp3) is 0.870. The summed E-state index contributed by atoms with van der Waals surface area (Å²) in [6.45, 7) is 5.52. The fourth-order valence-electron chi connectivity index (χ4n) is 7.77. The first-order valence-electron chi connectivity index (χ1n) is 11.1. The van der Waals surface area contributed by atoms with E-state index in [4.69, 9.17) is 9.47 Å².